The second-order valence-electron chi connectivity index (χ2n) is 11.7. The Balaban J connectivity index is 1.93. The van der Waals surface area contributed by atoms with Crippen molar-refractivity contribution in [3.05, 3.63) is 0 Å². The third kappa shape index (κ3) is 8.04. The van der Waals surface area contributed by atoms with Gasteiger partial charge < -0.3 is 9.47 Å². The van der Waals surface area contributed by atoms with Crippen LogP contribution in [0.5, 0.6) is 0 Å². The van der Waals surface area contributed by atoms with Crippen molar-refractivity contribution in [1.82, 2.24) is 4.90 Å². The predicted molar refractivity (Wildman–Crippen MR) is 129 cm³/mol. The smallest absolute Gasteiger partial charge is 0.320 e. The Morgan fingerprint density at radius 3 is 1.41 bits per heavy atom. The predicted octanol–water partition coefficient (Wildman–Crippen LogP) is 5.70. The summed E-state index contributed by atoms with van der Waals surface area (Å²) in [7, 11) is 0. The molecule has 0 aromatic carbocycles. The highest BCUT2D eigenvalue weighted by Gasteiger charge is 2.35. The van der Waals surface area contributed by atoms with Crippen molar-refractivity contribution in [3.8, 4) is 0 Å². The molecule has 0 N–H and O–H groups in total. The normalized spacial score (nSPS) is 31.4. The van der Waals surface area contributed by atoms with E-state index in [1.54, 1.807) is 0 Å². The lowest BCUT2D eigenvalue weighted by atomic mass is 9.75. The van der Waals surface area contributed by atoms with Gasteiger partial charge in [0, 0.05) is 6.04 Å². The molecular weight excluding hydrogens is 402 g/mol. The molecule has 0 heterocycles. The largest absolute Gasteiger partial charge is 0.461 e. The van der Waals surface area contributed by atoms with Gasteiger partial charge in [0.2, 0.25) is 0 Å². The summed E-state index contributed by atoms with van der Waals surface area (Å²) in [4.78, 5) is 27.6. The van der Waals surface area contributed by atoms with E-state index in [2.05, 4.69) is 41.5 Å². The first-order chi connectivity index (χ1) is 15.0. The Kier molecular flexibility index (Phi) is 10.5. The quantitative estimate of drug-likeness (QED) is 0.421. The molecule has 2 aliphatic rings. The van der Waals surface area contributed by atoms with Crippen molar-refractivity contribution in [3.63, 3.8) is 0 Å². The van der Waals surface area contributed by atoms with Gasteiger partial charge in [-0.25, -0.2) is 0 Å². The standard InChI is InChI=1S/C27H49NO4/c1-17(2)22-11-9-20(7)13-24(22)31-26(29)15-28(19(5)6)16-27(30)32-25-14-21(8)10-12-23(25)18(3)4/h17-25H,9-16H2,1-8H3/t20-,21?,22+,23+,24-,25-/m1/s1. The molecule has 0 saturated heterocycles. The van der Waals surface area contributed by atoms with Crippen molar-refractivity contribution >= 4 is 11.9 Å². The van der Waals surface area contributed by atoms with Gasteiger partial charge in [0.15, 0.2) is 0 Å². The van der Waals surface area contributed by atoms with Crippen LogP contribution in [0.25, 0.3) is 0 Å². The van der Waals surface area contributed by atoms with E-state index in [1.165, 1.54) is 12.8 Å². The van der Waals surface area contributed by atoms with Crippen LogP contribution >= 0.6 is 0 Å². The van der Waals surface area contributed by atoms with Crippen molar-refractivity contribution in [2.75, 3.05) is 13.1 Å². The van der Waals surface area contributed by atoms with Crippen LogP contribution < -0.4 is 0 Å². The maximum atomic E-state index is 12.8. The lowest BCUT2D eigenvalue weighted by Gasteiger charge is -2.38. The minimum absolute atomic E-state index is 0.0114. The van der Waals surface area contributed by atoms with E-state index >= 15 is 0 Å². The summed E-state index contributed by atoms with van der Waals surface area (Å²) in [6.07, 6.45) is 6.51. The molecule has 186 valence electrons. The molecule has 0 amide bonds. The second-order valence-corrected chi connectivity index (χ2v) is 11.7. The van der Waals surface area contributed by atoms with Crippen molar-refractivity contribution < 1.29 is 19.1 Å². The van der Waals surface area contributed by atoms with Gasteiger partial charge in [-0.3, -0.25) is 14.5 Å². The van der Waals surface area contributed by atoms with E-state index in [9.17, 15) is 9.59 Å². The Hall–Kier alpha value is -1.10. The van der Waals surface area contributed by atoms with Crippen LogP contribution in [0.15, 0.2) is 0 Å². The third-order valence-corrected chi connectivity index (χ3v) is 7.88. The van der Waals surface area contributed by atoms with Gasteiger partial charge in [-0.05, 0) is 75.0 Å². The summed E-state index contributed by atoms with van der Waals surface area (Å²) in [5.41, 5.74) is 0. The summed E-state index contributed by atoms with van der Waals surface area (Å²) in [5.74, 6) is 2.59. The van der Waals surface area contributed by atoms with E-state index < -0.39 is 0 Å². The van der Waals surface area contributed by atoms with Crippen LogP contribution in [0.4, 0.5) is 0 Å². The van der Waals surface area contributed by atoms with Crippen molar-refractivity contribution in [1.29, 1.82) is 0 Å². The first kappa shape index (κ1) is 27.1. The average Bonchev–Trinajstić information content (AvgIpc) is 2.66. The van der Waals surface area contributed by atoms with Crippen molar-refractivity contribution in [2.45, 2.75) is 112 Å². The maximum absolute atomic E-state index is 12.8. The number of ether oxygens (including phenoxy) is 2. The van der Waals surface area contributed by atoms with Gasteiger partial charge in [-0.2, -0.15) is 0 Å². The highest BCUT2D eigenvalue weighted by molar-refractivity contribution is 5.75. The summed E-state index contributed by atoms with van der Waals surface area (Å²) >= 11 is 0. The third-order valence-electron chi connectivity index (χ3n) is 7.88. The first-order valence-corrected chi connectivity index (χ1v) is 13.1. The molecule has 5 nitrogen and oxygen atoms in total. The van der Waals surface area contributed by atoms with E-state index in [1.807, 2.05) is 18.7 Å². The molecular formula is C27H49NO4. The maximum Gasteiger partial charge on any atom is 0.320 e. The molecule has 0 spiro atoms. The number of carbonyl (C=O) groups is 2. The zero-order valence-corrected chi connectivity index (χ0v) is 21.9. The molecule has 2 aliphatic carbocycles. The summed E-state index contributed by atoms with van der Waals surface area (Å²) in [5, 5.41) is 0. The Morgan fingerprint density at radius 1 is 0.719 bits per heavy atom. The Labute approximate surface area is 197 Å². The van der Waals surface area contributed by atoms with E-state index in [0.29, 0.717) is 35.5 Å². The van der Waals surface area contributed by atoms with Gasteiger partial charge in [0.05, 0.1) is 13.1 Å². The van der Waals surface area contributed by atoms with Gasteiger partial charge in [0.25, 0.3) is 0 Å². The van der Waals surface area contributed by atoms with Crippen LogP contribution in [0.1, 0.15) is 93.9 Å². The zero-order chi connectivity index (χ0) is 24.0. The number of carbonyl (C=O) groups excluding carboxylic acids is 2. The molecule has 32 heavy (non-hydrogen) atoms. The van der Waals surface area contributed by atoms with Crippen LogP contribution in [0.3, 0.4) is 0 Å². The van der Waals surface area contributed by atoms with Crippen LogP contribution in [-0.4, -0.2) is 48.2 Å². The topological polar surface area (TPSA) is 55.8 Å². The molecule has 2 saturated carbocycles. The lowest BCUT2D eigenvalue weighted by molar-refractivity contribution is -0.161. The molecule has 0 bridgehead atoms. The molecule has 0 aromatic rings. The van der Waals surface area contributed by atoms with Gasteiger partial charge >= 0.3 is 11.9 Å². The van der Waals surface area contributed by atoms with Crippen molar-refractivity contribution in [2.24, 2.45) is 35.5 Å². The molecule has 0 radical (unpaired) electrons. The van der Waals surface area contributed by atoms with E-state index in [0.717, 1.165) is 25.7 Å². The summed E-state index contributed by atoms with van der Waals surface area (Å²) in [6, 6.07) is 0.0625. The minimum Gasteiger partial charge on any atom is -0.461 e. The average molecular weight is 452 g/mol. The fourth-order valence-corrected chi connectivity index (χ4v) is 5.67. The van der Waals surface area contributed by atoms with E-state index in [-0.39, 0.29) is 43.3 Å². The fraction of sp³-hybridized carbons (Fsp3) is 0.926. The molecule has 6 atom stereocenters. The fourth-order valence-electron chi connectivity index (χ4n) is 5.67. The molecule has 1 unspecified atom stereocenters. The zero-order valence-electron chi connectivity index (χ0n) is 21.9. The van der Waals surface area contributed by atoms with Crippen LogP contribution in [0.2, 0.25) is 0 Å². The Morgan fingerprint density at radius 2 is 1.09 bits per heavy atom. The SMILES string of the molecule is CC1CC[C@@H](C(C)C)[C@H](OC(=O)CN(CC(=O)O[C@@H]2C[C@H](C)CC[C@H]2C(C)C)C(C)C)C1. The summed E-state index contributed by atoms with van der Waals surface area (Å²) in [6.45, 7) is 17.6. The van der Waals surface area contributed by atoms with Gasteiger partial charge in [-0.1, -0.05) is 54.4 Å². The molecule has 0 aromatic heterocycles. The second kappa shape index (κ2) is 12.4. The van der Waals surface area contributed by atoms with Crippen LogP contribution in [0, 0.1) is 35.5 Å². The highest BCUT2D eigenvalue weighted by atomic mass is 16.6. The molecule has 0 aliphatic heterocycles. The van der Waals surface area contributed by atoms with Gasteiger partial charge in [0.1, 0.15) is 12.2 Å². The number of hydrogen-bond donors (Lipinski definition) is 0. The lowest BCUT2D eigenvalue weighted by Crippen LogP contribution is -2.44. The van der Waals surface area contributed by atoms with Gasteiger partial charge in [-0.15, -0.1) is 0 Å². The number of rotatable bonds is 9. The monoisotopic (exact) mass is 451 g/mol. The Bertz CT molecular complexity index is 554. The summed E-state index contributed by atoms with van der Waals surface area (Å²) < 4.78 is 12.0. The molecule has 5 heteroatoms. The highest BCUT2D eigenvalue weighted by Crippen LogP contribution is 2.36. The minimum atomic E-state index is -0.220. The number of nitrogens with zero attached hydrogens (tertiary/aromatic N) is 1. The van der Waals surface area contributed by atoms with Crippen LogP contribution in [-0.2, 0) is 19.1 Å². The van der Waals surface area contributed by atoms with E-state index in [4.69, 9.17) is 9.47 Å². The number of esters is 2. The number of hydrogen-bond acceptors (Lipinski definition) is 5. The molecule has 2 fully saturated rings. The molecule has 2 rings (SSSR count). The first-order valence-electron chi connectivity index (χ1n) is 13.1.